The molecule has 0 spiro atoms. The number of rotatable bonds is 8. The number of halogens is 1. The van der Waals surface area contributed by atoms with Crippen molar-refractivity contribution in [2.75, 3.05) is 5.32 Å². The van der Waals surface area contributed by atoms with Crippen molar-refractivity contribution in [3.05, 3.63) is 47.5 Å². The number of carbonyl (C=O) groups is 1. The molecule has 0 aliphatic heterocycles. The van der Waals surface area contributed by atoms with Crippen LogP contribution in [0.3, 0.4) is 0 Å². The summed E-state index contributed by atoms with van der Waals surface area (Å²) in [5.41, 5.74) is -2.35. The van der Waals surface area contributed by atoms with Crippen LogP contribution in [0.15, 0.2) is 35.4 Å². The van der Waals surface area contributed by atoms with Crippen molar-refractivity contribution in [1.82, 2.24) is 9.29 Å². The van der Waals surface area contributed by atoms with E-state index in [-0.39, 0.29) is 11.4 Å². The van der Waals surface area contributed by atoms with Crippen molar-refractivity contribution in [2.24, 2.45) is 7.05 Å². The molecule has 1 heterocycles. The van der Waals surface area contributed by atoms with Crippen LogP contribution in [0, 0.1) is 12.7 Å². The van der Waals surface area contributed by atoms with Gasteiger partial charge < -0.3 is 9.88 Å². The van der Waals surface area contributed by atoms with Crippen LogP contribution < -0.4 is 10.0 Å². The fraction of sp³-hybridized carbons (Fsp3) is 0.353. The first kappa shape index (κ1) is 28.6. The van der Waals surface area contributed by atoms with Crippen LogP contribution in [-0.4, -0.2) is 95.0 Å². The van der Waals surface area contributed by atoms with E-state index in [0.29, 0.717) is 5.56 Å². The Balaban J connectivity index is 2.50. The van der Waals surface area contributed by atoms with Gasteiger partial charge in [0.1, 0.15) is 16.4 Å². The summed E-state index contributed by atoms with van der Waals surface area (Å²) in [5.74, 6) is -1.16. The lowest BCUT2D eigenvalue weighted by Gasteiger charge is -2.64. The molecule has 0 aliphatic carbocycles. The number of benzene rings is 1. The summed E-state index contributed by atoms with van der Waals surface area (Å²) >= 11 is 0. The van der Waals surface area contributed by atoms with E-state index in [1.54, 1.807) is 0 Å². The average molecular weight is 456 g/mol. The summed E-state index contributed by atoms with van der Waals surface area (Å²) in [5, 5.41) is -5.49. The maximum atomic E-state index is 13.5. The summed E-state index contributed by atoms with van der Waals surface area (Å²) in [6.07, 6.45) is 1.07. The van der Waals surface area contributed by atoms with E-state index < -0.39 is 47.5 Å². The molecular weight excluding hydrogens is 443 g/mol. The maximum Gasteiger partial charge on any atom is 0.272 e. The minimum absolute atomic E-state index is 0.105. The first-order chi connectivity index (χ1) is 15.1. The number of anilines is 1. The third-order valence-electron chi connectivity index (χ3n) is 5.17. The minimum Gasteiger partial charge on any atom is -0.345 e. The predicted molar refractivity (Wildman–Crippen MR) is 137 cm³/mol. The second-order valence-corrected chi connectivity index (χ2v) is 9.93. The lowest BCUT2D eigenvalue weighted by molar-refractivity contribution is 0.101. The zero-order chi connectivity index (χ0) is 26.5. The van der Waals surface area contributed by atoms with E-state index in [0.717, 1.165) is 12.3 Å². The van der Waals surface area contributed by atoms with Crippen molar-refractivity contribution in [3.8, 4) is 0 Å². The molecule has 0 atom stereocenters. The van der Waals surface area contributed by atoms with Crippen LogP contribution >= 0.6 is 0 Å². The predicted octanol–water partition coefficient (Wildman–Crippen LogP) is -1.52. The van der Waals surface area contributed by atoms with Crippen LogP contribution in [0.5, 0.6) is 0 Å². The quantitative estimate of drug-likeness (QED) is 0.475. The zero-order valence-corrected chi connectivity index (χ0v) is 19.4. The third kappa shape index (κ3) is 5.30. The molecule has 0 saturated carbocycles. The van der Waals surface area contributed by atoms with Crippen LogP contribution in [0.2, 0.25) is 15.3 Å². The highest BCUT2D eigenvalue weighted by atomic mass is 32.2. The molecule has 17 heteroatoms. The molecule has 0 bridgehead atoms. The third-order valence-corrected chi connectivity index (χ3v) is 6.59. The number of hydrogen-bond donors (Lipinski definition) is 2. The van der Waals surface area contributed by atoms with Gasteiger partial charge in [0.15, 0.2) is 0 Å². The van der Waals surface area contributed by atoms with Crippen LogP contribution in [0.25, 0.3) is 0 Å². The number of nitrogens with zero attached hydrogens (tertiary/aromatic N) is 1. The molecule has 0 fully saturated rings. The number of amides is 1. The van der Waals surface area contributed by atoms with E-state index in [1.165, 1.54) is 36.7 Å². The number of sulfonamides is 1. The van der Waals surface area contributed by atoms with Crippen molar-refractivity contribution in [2.45, 2.75) is 32.7 Å². The Hall–Kier alpha value is -1.61. The Morgan fingerprint density at radius 2 is 1.44 bits per heavy atom. The monoisotopic (exact) mass is 457 g/mol. The van der Waals surface area contributed by atoms with Crippen LogP contribution in [-0.2, 0) is 17.1 Å². The van der Waals surface area contributed by atoms with Gasteiger partial charge in [-0.3, -0.25) is 4.79 Å². The highest BCUT2D eigenvalue weighted by Crippen LogP contribution is 2.54. The molecule has 1 aromatic heterocycles. The maximum absolute atomic E-state index is 13.5. The molecule has 34 heavy (non-hydrogen) atoms. The number of hydrogen-bond acceptors (Lipinski definition) is 3. The van der Waals surface area contributed by atoms with Gasteiger partial charge in [-0.2, -0.15) is 0 Å². The fourth-order valence-electron chi connectivity index (χ4n) is 3.48. The Morgan fingerprint density at radius 3 is 1.88 bits per heavy atom. The minimum atomic E-state index is -4.71. The molecule has 6 nitrogen and oxygen atoms in total. The smallest absolute Gasteiger partial charge is 0.272 e. The molecule has 18 radical (unpaired) electrons. The van der Waals surface area contributed by atoms with Crippen LogP contribution in [0.4, 0.5) is 10.1 Å². The summed E-state index contributed by atoms with van der Waals surface area (Å²) in [6.45, 7) is 1.52. The lowest BCUT2D eigenvalue weighted by Crippen LogP contribution is -2.71. The molecule has 154 valence electrons. The van der Waals surface area contributed by atoms with Gasteiger partial charge in [0.2, 0.25) is 10.0 Å². The standard InChI is InChI=1S/C17H13B9FN3O3S/c1-8-5-9(3-4-11(8)27)28-13(31)12-6-10(7-30(12)2)34(32,33)29-14(15(18,19)20,16(21,22)23)17(24,25)26/h3-7,29H,1-2H3,(H,28,31). The topological polar surface area (TPSA) is 80.2 Å². The number of aryl methyl sites for hydroxylation is 2. The van der Waals surface area contributed by atoms with E-state index >= 15 is 0 Å². The van der Waals surface area contributed by atoms with E-state index in [1.807, 2.05) is 4.72 Å². The van der Waals surface area contributed by atoms with Gasteiger partial charge in [0.05, 0.1) is 70.6 Å². The average Bonchev–Trinajstić information content (AvgIpc) is 3.02. The molecule has 1 aromatic carbocycles. The molecule has 2 rings (SSSR count). The Morgan fingerprint density at radius 1 is 0.941 bits per heavy atom. The Kier molecular flexibility index (Phi) is 7.68. The van der Waals surface area contributed by atoms with Gasteiger partial charge >= 0.3 is 0 Å². The zero-order valence-electron chi connectivity index (χ0n) is 18.5. The summed E-state index contributed by atoms with van der Waals surface area (Å²) in [7, 11) is 48.1. The molecule has 0 unspecified atom stereocenters. The number of aromatic nitrogens is 1. The second-order valence-electron chi connectivity index (χ2n) is 8.24. The molecule has 1 amide bonds. The molecular formula is C17H13B9FN3O3S. The van der Waals surface area contributed by atoms with Crippen molar-refractivity contribution in [1.29, 1.82) is 0 Å². The van der Waals surface area contributed by atoms with Crippen molar-refractivity contribution in [3.63, 3.8) is 0 Å². The van der Waals surface area contributed by atoms with Gasteiger partial charge in [0.25, 0.3) is 5.91 Å². The van der Waals surface area contributed by atoms with Crippen LogP contribution in [0.1, 0.15) is 16.1 Å². The molecule has 2 aromatic rings. The van der Waals surface area contributed by atoms with E-state index in [9.17, 15) is 17.6 Å². The number of carbonyl (C=O) groups excluding carboxylic acids is 1. The Bertz CT molecular complexity index is 1170. The van der Waals surface area contributed by atoms with Gasteiger partial charge in [-0.15, -0.1) is 15.3 Å². The van der Waals surface area contributed by atoms with E-state index in [2.05, 4.69) is 5.32 Å². The largest absolute Gasteiger partial charge is 0.345 e. The molecule has 0 saturated heterocycles. The normalized spacial score (nSPS) is 13.5. The van der Waals surface area contributed by atoms with Crippen molar-refractivity contribution < 1.29 is 17.6 Å². The van der Waals surface area contributed by atoms with E-state index in [4.69, 9.17) is 70.6 Å². The SMILES string of the molecule is [B]C([B])([B])C(NS(=O)(=O)c1cc(C(=O)Nc2ccc(F)c(C)c2)n(C)c1)(C([B])([B])[B])C([B])([B])[B]. The first-order valence-corrected chi connectivity index (χ1v) is 11.0. The summed E-state index contributed by atoms with van der Waals surface area (Å²) < 4.78 is 43.1. The molecule has 2 N–H and O–H groups in total. The fourth-order valence-corrected chi connectivity index (χ4v) is 5.09. The van der Waals surface area contributed by atoms with Crippen molar-refractivity contribution >= 4 is 92.2 Å². The lowest BCUT2D eigenvalue weighted by atomic mass is 9.12. The Labute approximate surface area is 211 Å². The van der Waals surface area contributed by atoms with Gasteiger partial charge in [-0.05, 0) is 42.3 Å². The van der Waals surface area contributed by atoms with Gasteiger partial charge in [-0.25, -0.2) is 17.5 Å². The molecule has 0 aliphatic rings. The highest BCUT2D eigenvalue weighted by Gasteiger charge is 2.55. The number of nitrogens with one attached hydrogen (secondary N) is 2. The highest BCUT2D eigenvalue weighted by molar-refractivity contribution is 7.89. The van der Waals surface area contributed by atoms with Gasteiger partial charge in [-0.1, -0.05) is 0 Å². The first-order valence-electron chi connectivity index (χ1n) is 9.52. The summed E-state index contributed by atoms with van der Waals surface area (Å²) in [6, 6.07) is 4.92. The summed E-state index contributed by atoms with van der Waals surface area (Å²) in [4.78, 5) is 12.2. The van der Waals surface area contributed by atoms with Gasteiger partial charge in [0, 0.05) is 18.9 Å². The second kappa shape index (κ2) is 9.12.